The van der Waals surface area contributed by atoms with Crippen LogP contribution in [0.4, 0.5) is 10.1 Å². The number of carbonyl (C=O) groups excluding carboxylic acids is 1. The maximum atomic E-state index is 13.1. The van der Waals surface area contributed by atoms with Gasteiger partial charge in [0.2, 0.25) is 5.91 Å². The molecule has 0 radical (unpaired) electrons. The van der Waals surface area contributed by atoms with Gasteiger partial charge in [-0.3, -0.25) is 4.79 Å². The van der Waals surface area contributed by atoms with Crippen LogP contribution in [0.15, 0.2) is 16.6 Å². The predicted molar refractivity (Wildman–Crippen MR) is 46.4 cm³/mol. The molecule has 0 saturated carbocycles. The molecule has 0 unspecified atom stereocenters. The first-order chi connectivity index (χ1) is 5.66. The van der Waals surface area contributed by atoms with Gasteiger partial charge in [-0.1, -0.05) is 15.9 Å². The van der Waals surface area contributed by atoms with Crippen LogP contribution in [0.5, 0.6) is 0 Å². The summed E-state index contributed by atoms with van der Waals surface area (Å²) in [5, 5.41) is 2.46. The lowest BCUT2D eigenvalue weighted by Gasteiger charge is -1.99. The van der Waals surface area contributed by atoms with Gasteiger partial charge in [-0.05, 0) is 17.7 Å². The average Bonchev–Trinajstić information content (AvgIpc) is 2.29. The molecule has 2 nitrogen and oxygen atoms in total. The molecule has 1 amide bonds. The fourth-order valence-electron chi connectivity index (χ4n) is 1.26. The molecule has 1 aliphatic rings. The van der Waals surface area contributed by atoms with Crippen molar-refractivity contribution in [3.63, 3.8) is 0 Å². The van der Waals surface area contributed by atoms with Crippen LogP contribution in [0.3, 0.4) is 0 Å². The third-order valence-electron chi connectivity index (χ3n) is 1.75. The first-order valence-electron chi connectivity index (χ1n) is 3.44. The van der Waals surface area contributed by atoms with E-state index in [9.17, 15) is 9.18 Å². The molecule has 0 saturated heterocycles. The number of hydrogen-bond donors (Lipinski definition) is 1. The summed E-state index contributed by atoms with van der Waals surface area (Å²) in [5.41, 5.74) is 1.04. The van der Waals surface area contributed by atoms with E-state index in [1.807, 2.05) is 0 Å². The Bertz CT molecular complexity index is 364. The van der Waals surface area contributed by atoms with Crippen molar-refractivity contribution < 1.29 is 9.18 Å². The Morgan fingerprint density at radius 1 is 1.50 bits per heavy atom. The van der Waals surface area contributed by atoms with Crippen LogP contribution < -0.4 is 5.32 Å². The minimum absolute atomic E-state index is 0.151. The van der Waals surface area contributed by atoms with E-state index in [1.54, 1.807) is 6.07 Å². The highest BCUT2D eigenvalue weighted by molar-refractivity contribution is 9.10. The molecule has 62 valence electrons. The van der Waals surface area contributed by atoms with E-state index >= 15 is 0 Å². The lowest BCUT2D eigenvalue weighted by atomic mass is 10.1. The van der Waals surface area contributed by atoms with Crippen molar-refractivity contribution in [2.75, 3.05) is 5.32 Å². The minimum atomic E-state index is -0.384. The predicted octanol–water partition coefficient (Wildman–Crippen LogP) is 2.08. The molecule has 12 heavy (non-hydrogen) atoms. The lowest BCUT2D eigenvalue weighted by Crippen LogP contribution is -2.04. The van der Waals surface area contributed by atoms with E-state index in [0.717, 1.165) is 0 Å². The summed E-state index contributed by atoms with van der Waals surface area (Å²) in [5.74, 6) is -0.535. The van der Waals surface area contributed by atoms with Gasteiger partial charge in [-0.2, -0.15) is 0 Å². The number of hydrogen-bond acceptors (Lipinski definition) is 1. The Morgan fingerprint density at radius 3 is 3.00 bits per heavy atom. The highest BCUT2D eigenvalue weighted by atomic mass is 79.9. The molecular formula is C8H5BrFNO. The molecule has 0 aromatic heterocycles. The molecule has 0 bridgehead atoms. The summed E-state index contributed by atoms with van der Waals surface area (Å²) < 4.78 is 13.7. The second-order valence-electron chi connectivity index (χ2n) is 2.65. The fraction of sp³-hybridized carbons (Fsp3) is 0.125. The molecule has 1 aliphatic heterocycles. The minimum Gasteiger partial charge on any atom is -0.323 e. The van der Waals surface area contributed by atoms with Gasteiger partial charge in [0.1, 0.15) is 5.82 Å². The standard InChI is InChI=1S/C8H5BrFNO/c9-5-1-4-2-7(12)11-8(4)6(10)3-5/h1,3H,2H2,(H,11,12). The van der Waals surface area contributed by atoms with Crippen LogP contribution in [0, 0.1) is 5.82 Å². The van der Waals surface area contributed by atoms with Gasteiger partial charge in [0.25, 0.3) is 0 Å². The molecule has 0 atom stereocenters. The molecule has 1 aromatic carbocycles. The van der Waals surface area contributed by atoms with Gasteiger partial charge in [-0.15, -0.1) is 0 Å². The summed E-state index contributed by atoms with van der Waals surface area (Å²) in [7, 11) is 0. The van der Waals surface area contributed by atoms with Gasteiger partial charge in [0.15, 0.2) is 0 Å². The number of halogens is 2. The van der Waals surface area contributed by atoms with E-state index in [1.165, 1.54) is 6.07 Å². The van der Waals surface area contributed by atoms with Gasteiger partial charge < -0.3 is 5.32 Å². The van der Waals surface area contributed by atoms with Crippen molar-refractivity contribution in [3.8, 4) is 0 Å². The molecule has 0 fully saturated rings. The summed E-state index contributed by atoms with van der Waals surface area (Å²) in [4.78, 5) is 10.9. The van der Waals surface area contributed by atoms with Crippen LogP contribution in [-0.2, 0) is 11.2 Å². The zero-order valence-electron chi connectivity index (χ0n) is 6.03. The molecule has 1 N–H and O–H groups in total. The summed E-state index contributed by atoms with van der Waals surface area (Å²) in [6.07, 6.45) is 0.270. The van der Waals surface area contributed by atoms with E-state index in [2.05, 4.69) is 21.2 Å². The van der Waals surface area contributed by atoms with Crippen LogP contribution in [0.1, 0.15) is 5.56 Å². The van der Waals surface area contributed by atoms with Crippen molar-refractivity contribution in [1.29, 1.82) is 0 Å². The lowest BCUT2D eigenvalue weighted by molar-refractivity contribution is -0.115. The maximum absolute atomic E-state index is 13.1. The molecule has 2 rings (SSSR count). The quantitative estimate of drug-likeness (QED) is 0.726. The van der Waals surface area contributed by atoms with Gasteiger partial charge in [0, 0.05) is 4.47 Å². The molecule has 1 heterocycles. The molecule has 0 aliphatic carbocycles. The molecule has 1 aromatic rings. The molecule has 4 heteroatoms. The van der Waals surface area contributed by atoms with Crippen LogP contribution >= 0.6 is 15.9 Å². The number of rotatable bonds is 0. The van der Waals surface area contributed by atoms with Crippen molar-refractivity contribution in [3.05, 3.63) is 28.0 Å². The molecule has 0 spiro atoms. The third kappa shape index (κ3) is 1.12. The normalized spacial score (nSPS) is 14.3. The van der Waals surface area contributed by atoms with Crippen LogP contribution in [-0.4, -0.2) is 5.91 Å². The highest BCUT2D eigenvalue weighted by Crippen LogP contribution is 2.29. The number of anilines is 1. The Labute approximate surface area is 76.9 Å². The fourth-order valence-corrected chi connectivity index (χ4v) is 1.74. The van der Waals surface area contributed by atoms with Crippen molar-refractivity contribution in [2.24, 2.45) is 0 Å². The third-order valence-corrected chi connectivity index (χ3v) is 2.21. The SMILES string of the molecule is O=C1Cc2cc(Br)cc(F)c2N1. The first kappa shape index (κ1) is 7.73. The smallest absolute Gasteiger partial charge is 0.228 e. The largest absolute Gasteiger partial charge is 0.323 e. The summed E-state index contributed by atoms with van der Waals surface area (Å²) in [6.45, 7) is 0. The number of fused-ring (bicyclic) bond motifs is 1. The summed E-state index contributed by atoms with van der Waals surface area (Å²) >= 11 is 3.16. The van der Waals surface area contributed by atoms with Crippen LogP contribution in [0.2, 0.25) is 0 Å². The van der Waals surface area contributed by atoms with Gasteiger partial charge in [0.05, 0.1) is 12.1 Å². The Kier molecular flexibility index (Phi) is 1.65. The van der Waals surface area contributed by atoms with Crippen LogP contribution in [0.25, 0.3) is 0 Å². The Balaban J connectivity index is 2.59. The second kappa shape index (κ2) is 2.55. The topological polar surface area (TPSA) is 29.1 Å². The Morgan fingerprint density at radius 2 is 2.25 bits per heavy atom. The summed E-state index contributed by atoms with van der Waals surface area (Å²) in [6, 6.07) is 3.08. The van der Waals surface area contributed by atoms with E-state index in [0.29, 0.717) is 15.7 Å². The van der Waals surface area contributed by atoms with E-state index < -0.39 is 0 Å². The monoisotopic (exact) mass is 229 g/mol. The average molecular weight is 230 g/mol. The van der Waals surface area contributed by atoms with E-state index in [-0.39, 0.29) is 18.1 Å². The highest BCUT2D eigenvalue weighted by Gasteiger charge is 2.21. The number of amides is 1. The number of nitrogens with one attached hydrogen (secondary N) is 1. The zero-order chi connectivity index (χ0) is 8.72. The van der Waals surface area contributed by atoms with Crippen molar-refractivity contribution in [1.82, 2.24) is 0 Å². The van der Waals surface area contributed by atoms with Gasteiger partial charge >= 0.3 is 0 Å². The second-order valence-corrected chi connectivity index (χ2v) is 3.56. The zero-order valence-corrected chi connectivity index (χ0v) is 7.61. The number of carbonyl (C=O) groups is 1. The molecular weight excluding hydrogens is 225 g/mol. The maximum Gasteiger partial charge on any atom is 0.228 e. The number of benzene rings is 1. The Hall–Kier alpha value is -0.900. The van der Waals surface area contributed by atoms with Gasteiger partial charge in [-0.25, -0.2) is 4.39 Å². The van der Waals surface area contributed by atoms with Crippen molar-refractivity contribution >= 4 is 27.5 Å². The van der Waals surface area contributed by atoms with Crippen molar-refractivity contribution in [2.45, 2.75) is 6.42 Å². The van der Waals surface area contributed by atoms with E-state index in [4.69, 9.17) is 0 Å². The first-order valence-corrected chi connectivity index (χ1v) is 4.24.